The van der Waals surface area contributed by atoms with Crippen LogP contribution in [-0.2, 0) is 0 Å². The van der Waals surface area contributed by atoms with Gasteiger partial charge in [0, 0.05) is 105 Å². The summed E-state index contributed by atoms with van der Waals surface area (Å²) in [6.45, 7) is 0. The van der Waals surface area contributed by atoms with E-state index < -0.39 is 0 Å². The second kappa shape index (κ2) is 30.9. The van der Waals surface area contributed by atoms with Gasteiger partial charge in [-0.05, 0) is 115 Å². The molecule has 0 unspecified atom stereocenters. The number of hydrogen-bond acceptors (Lipinski definition) is 12. The molecule has 0 amide bonds. The van der Waals surface area contributed by atoms with E-state index in [1.807, 2.05) is 104 Å². The number of nitrogens with zero attached hydrogens (tertiary/aromatic N) is 10. The van der Waals surface area contributed by atoms with E-state index in [1.165, 1.54) is 51.5 Å². The Morgan fingerprint density at radius 3 is 0.822 bits per heavy atom. The predicted octanol–water partition coefficient (Wildman–Crippen LogP) is 27.7. The minimum Gasteiger partial charge on any atom is -0.264 e. The maximum absolute atomic E-state index is 5.22. The van der Waals surface area contributed by atoms with Crippen molar-refractivity contribution < 1.29 is 0 Å². The first-order valence-corrected chi connectivity index (χ1v) is 40.7. The van der Waals surface area contributed by atoms with E-state index in [-0.39, 0.29) is 0 Å². The van der Waals surface area contributed by atoms with Crippen LogP contribution in [0.2, 0.25) is 0 Å². The highest BCUT2D eigenvalue weighted by Gasteiger charge is 2.22. The quantitative estimate of drug-likeness (QED) is 0.104. The van der Waals surface area contributed by atoms with E-state index in [2.05, 4.69) is 307 Å². The Hall–Kier alpha value is -15.3. The number of rotatable bonds is 14. The van der Waals surface area contributed by atoms with Crippen LogP contribution in [0.15, 0.2) is 401 Å². The summed E-state index contributed by atoms with van der Waals surface area (Å²) in [5.41, 5.74) is 25.2. The second-order valence-electron chi connectivity index (χ2n) is 29.0. The fourth-order valence-electron chi connectivity index (χ4n) is 15.7. The Morgan fingerprint density at radius 2 is 0.432 bits per heavy atom. The summed E-state index contributed by atoms with van der Waals surface area (Å²) in [7, 11) is 0. The Morgan fingerprint density at radius 1 is 0.169 bits per heavy atom. The molecule has 0 bridgehead atoms. The molecule has 8 heterocycles. The Labute approximate surface area is 688 Å². The minimum absolute atomic E-state index is 0.629. The van der Waals surface area contributed by atoms with E-state index in [4.69, 9.17) is 39.9 Å². The molecule has 118 heavy (non-hydrogen) atoms. The molecule has 0 N–H and O–H groups in total. The number of pyridine rings is 4. The van der Waals surface area contributed by atoms with E-state index in [0.717, 1.165) is 133 Å². The Balaban J connectivity index is 0.000000147. The lowest BCUT2D eigenvalue weighted by Crippen LogP contribution is -2.00. The van der Waals surface area contributed by atoms with Gasteiger partial charge >= 0.3 is 0 Å². The van der Waals surface area contributed by atoms with Crippen molar-refractivity contribution in [2.24, 2.45) is 0 Å². The number of fused-ring (bicyclic) bond motifs is 10. The number of benzene rings is 14. The SMILES string of the molecule is c1ccc(-c2ccc(-c3nc(-c4ccccc4)nc(-c4ccc(-c5cccc(-c6cccc(-c7nc8ccncc8c8c7sc7ccccc78)c6)c5)cc4)n3)cc2)cc1.c1ccc(-c2ccc(-c3nc(-c4ccccc4)nc(-c4ccc(-c5cccc(-c6cccc(-c7nc8cnccc8c8c7sc7ccccc78)c6)c5)cc4)n3)cc2)cc1. The van der Waals surface area contributed by atoms with Gasteiger partial charge in [0.05, 0.1) is 38.0 Å². The topological polar surface area (TPSA) is 129 Å². The smallest absolute Gasteiger partial charge is 0.164 e. The summed E-state index contributed by atoms with van der Waals surface area (Å²) in [6.07, 6.45) is 7.49. The largest absolute Gasteiger partial charge is 0.264 e. The van der Waals surface area contributed by atoms with E-state index in [1.54, 1.807) is 22.7 Å². The van der Waals surface area contributed by atoms with Gasteiger partial charge in [0.1, 0.15) is 0 Å². The third-order valence-corrected chi connectivity index (χ3v) is 24.0. The molecule has 0 spiro atoms. The zero-order valence-electron chi connectivity index (χ0n) is 63.4. The number of hydrogen-bond donors (Lipinski definition) is 0. The Bertz CT molecular complexity index is 7060. The van der Waals surface area contributed by atoms with Crippen molar-refractivity contribution in [3.63, 3.8) is 0 Å². The highest BCUT2D eigenvalue weighted by atomic mass is 32.1. The molecule has 12 heteroatoms. The van der Waals surface area contributed by atoms with Gasteiger partial charge in [0.2, 0.25) is 0 Å². The van der Waals surface area contributed by atoms with E-state index in [0.29, 0.717) is 34.9 Å². The molecule has 0 aliphatic rings. The van der Waals surface area contributed by atoms with Gasteiger partial charge in [-0.15, -0.1) is 22.7 Å². The lowest BCUT2D eigenvalue weighted by molar-refractivity contribution is 1.07. The fraction of sp³-hybridized carbons (Fsp3) is 0. The maximum atomic E-state index is 5.22. The molecule has 0 saturated carbocycles. The van der Waals surface area contributed by atoms with Gasteiger partial charge in [0.25, 0.3) is 0 Å². The average Bonchev–Trinajstić information content (AvgIpc) is 1.56. The molecule has 22 aromatic rings. The summed E-state index contributed by atoms with van der Waals surface area (Å²) < 4.78 is 4.88. The highest BCUT2D eigenvalue weighted by Crippen LogP contribution is 2.46. The van der Waals surface area contributed by atoms with Gasteiger partial charge in [0.15, 0.2) is 34.9 Å². The van der Waals surface area contributed by atoms with Gasteiger partial charge in [-0.25, -0.2) is 39.9 Å². The minimum atomic E-state index is 0.629. The first-order valence-electron chi connectivity index (χ1n) is 39.1. The first-order chi connectivity index (χ1) is 58.4. The maximum Gasteiger partial charge on any atom is 0.164 e. The van der Waals surface area contributed by atoms with Crippen LogP contribution in [0.1, 0.15) is 0 Å². The standard InChI is InChI=1S/2C53H33N5S/c1-3-11-34(12-4-1)35-21-25-38(26-22-35)52-56-51(37-13-5-2-6-14-37)57-53(58-52)39-27-23-36(24-28-39)40-15-9-16-41(31-40)42-17-10-18-43(32-42)49-50-48(44-29-30-54-33-46(44)55-49)45-19-7-8-20-47(45)59-50;1-3-11-34(12-4-1)35-21-25-38(26-22-35)52-56-51(37-13-5-2-6-14-37)57-53(58-52)39-27-23-36(24-28-39)40-15-9-16-41(31-40)42-17-10-18-43(32-42)49-50-48(44-19-7-8-20-47(44)59-50)45-33-54-30-29-46(45)55-49/h2*1-33H. The summed E-state index contributed by atoms with van der Waals surface area (Å²) in [5.74, 6) is 3.81. The number of aromatic nitrogens is 10. The summed E-state index contributed by atoms with van der Waals surface area (Å²) in [6, 6.07) is 131. The summed E-state index contributed by atoms with van der Waals surface area (Å²) in [5, 5.41) is 7.17. The Kier molecular flexibility index (Phi) is 18.4. The van der Waals surface area contributed by atoms with Crippen LogP contribution in [0, 0.1) is 0 Å². The van der Waals surface area contributed by atoms with Crippen molar-refractivity contribution in [2.45, 2.75) is 0 Å². The average molecular weight is 1540 g/mol. The molecule has 8 aromatic heterocycles. The zero-order valence-corrected chi connectivity index (χ0v) is 65.0. The third kappa shape index (κ3) is 13.9. The van der Waals surface area contributed by atoms with Crippen LogP contribution < -0.4 is 0 Å². The fourth-order valence-corrected chi connectivity index (χ4v) is 18.2. The van der Waals surface area contributed by atoms with Gasteiger partial charge in [-0.2, -0.15) is 0 Å². The molecule has 0 radical (unpaired) electrons. The van der Waals surface area contributed by atoms with E-state index in [9.17, 15) is 0 Å². The summed E-state index contributed by atoms with van der Waals surface area (Å²) in [4.78, 5) is 49.1. The first kappa shape index (κ1) is 70.5. The molecule has 22 rings (SSSR count). The molecule has 0 atom stereocenters. The second-order valence-corrected chi connectivity index (χ2v) is 31.1. The molecule has 552 valence electrons. The molecule has 0 aliphatic carbocycles. The number of thiophene rings is 2. The molecular formula is C106H66N10S2. The molecule has 0 aliphatic heterocycles. The van der Waals surface area contributed by atoms with E-state index >= 15 is 0 Å². The van der Waals surface area contributed by atoms with Crippen molar-refractivity contribution in [2.75, 3.05) is 0 Å². The van der Waals surface area contributed by atoms with Gasteiger partial charge in [-0.1, -0.05) is 328 Å². The van der Waals surface area contributed by atoms with Crippen molar-refractivity contribution in [1.29, 1.82) is 0 Å². The lowest BCUT2D eigenvalue weighted by Gasteiger charge is -2.11. The molecule has 0 saturated heterocycles. The van der Waals surface area contributed by atoms with Crippen molar-refractivity contribution in [3.05, 3.63) is 401 Å². The van der Waals surface area contributed by atoms with Crippen molar-refractivity contribution in [3.8, 4) is 158 Å². The predicted molar refractivity (Wildman–Crippen MR) is 488 cm³/mol. The molecular weight excluding hydrogens is 1480 g/mol. The van der Waals surface area contributed by atoms with Crippen LogP contribution in [0.4, 0.5) is 0 Å². The van der Waals surface area contributed by atoms with Crippen LogP contribution >= 0.6 is 22.7 Å². The highest BCUT2D eigenvalue weighted by molar-refractivity contribution is 7.27. The summed E-state index contributed by atoms with van der Waals surface area (Å²) >= 11 is 3.60. The van der Waals surface area contributed by atoms with Crippen molar-refractivity contribution >= 4 is 84.8 Å². The third-order valence-electron chi connectivity index (χ3n) is 21.7. The van der Waals surface area contributed by atoms with Crippen LogP contribution in [0.5, 0.6) is 0 Å². The molecule has 14 aromatic carbocycles. The molecule has 0 fully saturated rings. The van der Waals surface area contributed by atoms with Gasteiger partial charge in [-0.3, -0.25) is 9.97 Å². The van der Waals surface area contributed by atoms with Crippen LogP contribution in [-0.4, -0.2) is 49.8 Å². The normalized spacial score (nSPS) is 11.4. The van der Waals surface area contributed by atoms with Crippen LogP contribution in [0.25, 0.3) is 220 Å². The monoisotopic (exact) mass is 1540 g/mol. The van der Waals surface area contributed by atoms with Crippen LogP contribution in [0.3, 0.4) is 0 Å². The van der Waals surface area contributed by atoms with Gasteiger partial charge < -0.3 is 0 Å². The van der Waals surface area contributed by atoms with Crippen molar-refractivity contribution in [1.82, 2.24) is 49.8 Å². The molecule has 10 nitrogen and oxygen atoms in total. The zero-order chi connectivity index (χ0) is 78.2. The lowest BCUT2D eigenvalue weighted by atomic mass is 9.96.